The minimum Gasteiger partial charge on any atom is -0.469 e. The second-order valence-electron chi connectivity index (χ2n) is 5.29. The number of furan rings is 1. The van der Waals surface area contributed by atoms with Crippen LogP contribution in [0.2, 0.25) is 0 Å². The number of hydrogen-bond acceptors (Lipinski definition) is 5. The lowest BCUT2D eigenvalue weighted by Crippen LogP contribution is -2.19. The van der Waals surface area contributed by atoms with Crippen LogP contribution >= 0.6 is 0 Å². The lowest BCUT2D eigenvalue weighted by Gasteiger charge is -2.18. The Hall–Kier alpha value is -2.04. The molecule has 1 unspecified atom stereocenters. The number of nitrogens with zero attached hydrogens (tertiary/aromatic N) is 2. The van der Waals surface area contributed by atoms with Crippen LogP contribution in [0.3, 0.4) is 0 Å². The summed E-state index contributed by atoms with van der Waals surface area (Å²) in [5.74, 6) is 3.61. The van der Waals surface area contributed by atoms with Gasteiger partial charge in [-0.15, -0.1) is 0 Å². The van der Waals surface area contributed by atoms with E-state index in [-0.39, 0.29) is 0 Å². The van der Waals surface area contributed by atoms with Crippen molar-refractivity contribution in [3.05, 3.63) is 35.5 Å². The molecule has 0 radical (unpaired) electrons. The van der Waals surface area contributed by atoms with Crippen LogP contribution in [0.25, 0.3) is 0 Å². The van der Waals surface area contributed by atoms with Gasteiger partial charge in [0.1, 0.15) is 23.2 Å². The largest absolute Gasteiger partial charge is 0.469 e. The summed E-state index contributed by atoms with van der Waals surface area (Å²) in [5, 5.41) is 6.76. The smallest absolute Gasteiger partial charge is 0.134 e. The third kappa shape index (κ3) is 4.21. The van der Waals surface area contributed by atoms with Gasteiger partial charge >= 0.3 is 0 Å². The molecule has 2 heterocycles. The molecule has 0 aromatic carbocycles. The number of nitrogens with one attached hydrogen (secondary N) is 2. The molecule has 0 amide bonds. The lowest BCUT2D eigenvalue weighted by atomic mass is 10.1. The third-order valence-electron chi connectivity index (χ3n) is 3.39. The van der Waals surface area contributed by atoms with E-state index in [9.17, 15) is 0 Å². The molecule has 0 aliphatic carbocycles. The zero-order valence-corrected chi connectivity index (χ0v) is 13.2. The van der Waals surface area contributed by atoms with E-state index in [1.165, 1.54) is 0 Å². The summed E-state index contributed by atoms with van der Waals surface area (Å²) in [6.07, 6.45) is 3.63. The first-order valence-electron chi connectivity index (χ1n) is 7.48. The highest BCUT2D eigenvalue weighted by atomic mass is 16.3. The van der Waals surface area contributed by atoms with Crippen molar-refractivity contribution in [2.45, 2.75) is 46.6 Å². The van der Waals surface area contributed by atoms with Gasteiger partial charge in [-0.2, -0.15) is 0 Å². The average Bonchev–Trinajstić information content (AvgIpc) is 2.95. The fourth-order valence-electron chi connectivity index (χ4n) is 2.23. The minimum absolute atomic E-state index is 0.317. The van der Waals surface area contributed by atoms with Crippen molar-refractivity contribution in [2.75, 3.05) is 17.2 Å². The molecule has 0 spiro atoms. The molecule has 0 aliphatic heterocycles. The van der Waals surface area contributed by atoms with Crippen molar-refractivity contribution in [1.29, 1.82) is 0 Å². The van der Waals surface area contributed by atoms with Crippen molar-refractivity contribution in [2.24, 2.45) is 0 Å². The molecule has 2 aromatic heterocycles. The summed E-state index contributed by atoms with van der Waals surface area (Å²) in [6, 6.07) is 4.25. The topological polar surface area (TPSA) is 63.0 Å². The molecule has 0 saturated heterocycles. The van der Waals surface area contributed by atoms with Crippen LogP contribution < -0.4 is 10.6 Å². The molecular weight excluding hydrogens is 264 g/mol. The fourth-order valence-corrected chi connectivity index (χ4v) is 2.23. The van der Waals surface area contributed by atoms with Crippen LogP contribution in [-0.2, 0) is 6.42 Å². The first-order chi connectivity index (χ1) is 10.1. The van der Waals surface area contributed by atoms with Gasteiger partial charge in [0.15, 0.2) is 0 Å². The van der Waals surface area contributed by atoms with Crippen molar-refractivity contribution in [3.8, 4) is 0 Å². The number of rotatable bonds is 7. The quantitative estimate of drug-likeness (QED) is 0.815. The summed E-state index contributed by atoms with van der Waals surface area (Å²) in [4.78, 5) is 8.95. The highest BCUT2D eigenvalue weighted by Gasteiger charge is 2.11. The van der Waals surface area contributed by atoms with Gasteiger partial charge in [0, 0.05) is 24.6 Å². The first kappa shape index (κ1) is 15.4. The van der Waals surface area contributed by atoms with Gasteiger partial charge in [0.2, 0.25) is 0 Å². The Labute approximate surface area is 126 Å². The maximum atomic E-state index is 5.36. The van der Waals surface area contributed by atoms with E-state index < -0.39 is 0 Å². The lowest BCUT2D eigenvalue weighted by molar-refractivity contribution is 0.494. The normalized spacial score (nSPS) is 12.2. The van der Waals surface area contributed by atoms with Crippen LogP contribution in [0.1, 0.15) is 37.4 Å². The molecule has 2 rings (SSSR count). The summed E-state index contributed by atoms with van der Waals surface area (Å²) in [5.41, 5.74) is 1.06. The van der Waals surface area contributed by atoms with Crippen LogP contribution in [0, 0.1) is 13.8 Å². The molecule has 5 nitrogen and oxygen atoms in total. The predicted molar refractivity (Wildman–Crippen MR) is 85.8 cm³/mol. The second-order valence-corrected chi connectivity index (χ2v) is 5.29. The van der Waals surface area contributed by atoms with Gasteiger partial charge in [0.05, 0.1) is 6.26 Å². The van der Waals surface area contributed by atoms with E-state index in [2.05, 4.69) is 34.4 Å². The minimum atomic E-state index is 0.317. The first-order valence-corrected chi connectivity index (χ1v) is 7.48. The van der Waals surface area contributed by atoms with Crippen LogP contribution in [0.5, 0.6) is 0 Å². The van der Waals surface area contributed by atoms with Gasteiger partial charge in [-0.3, -0.25) is 0 Å². The van der Waals surface area contributed by atoms with Gasteiger partial charge < -0.3 is 15.1 Å². The van der Waals surface area contributed by atoms with Crippen LogP contribution in [-0.4, -0.2) is 22.6 Å². The summed E-state index contributed by atoms with van der Waals surface area (Å²) in [7, 11) is 0. The number of hydrogen-bond donors (Lipinski definition) is 2. The summed E-state index contributed by atoms with van der Waals surface area (Å²) in [6.45, 7) is 9.03. The predicted octanol–water partition coefficient (Wildman–Crippen LogP) is 3.55. The highest BCUT2D eigenvalue weighted by Crippen LogP contribution is 2.21. The number of aryl methyl sites for hydroxylation is 2. The van der Waals surface area contributed by atoms with Gasteiger partial charge in [-0.1, -0.05) is 0 Å². The summed E-state index contributed by atoms with van der Waals surface area (Å²) < 4.78 is 5.36. The molecule has 1 atom stereocenters. The fraction of sp³-hybridized carbons (Fsp3) is 0.500. The molecule has 21 heavy (non-hydrogen) atoms. The van der Waals surface area contributed by atoms with E-state index in [4.69, 9.17) is 4.42 Å². The van der Waals surface area contributed by atoms with E-state index in [0.717, 1.165) is 48.2 Å². The molecule has 0 saturated carbocycles. The van der Waals surface area contributed by atoms with E-state index in [0.29, 0.717) is 6.04 Å². The molecule has 0 bridgehead atoms. The second kappa shape index (κ2) is 7.11. The van der Waals surface area contributed by atoms with Crippen LogP contribution in [0.4, 0.5) is 11.6 Å². The Morgan fingerprint density at radius 3 is 2.67 bits per heavy atom. The molecule has 5 heteroatoms. The number of aromatic nitrogens is 2. The average molecular weight is 288 g/mol. The zero-order valence-electron chi connectivity index (χ0n) is 13.2. The van der Waals surface area contributed by atoms with Crippen molar-refractivity contribution in [3.63, 3.8) is 0 Å². The Balaban J connectivity index is 2.01. The maximum absolute atomic E-state index is 5.36. The van der Waals surface area contributed by atoms with Crippen LogP contribution in [0.15, 0.2) is 22.8 Å². The Morgan fingerprint density at radius 2 is 2.00 bits per heavy atom. The third-order valence-corrected chi connectivity index (χ3v) is 3.39. The number of anilines is 2. The SMILES string of the molecule is CCNc1nc(C)nc(NC(C)CCc2ccco2)c1C. The van der Waals surface area contributed by atoms with Gasteiger partial charge in [0.25, 0.3) is 0 Å². The molecule has 114 valence electrons. The molecule has 0 aliphatic rings. The zero-order chi connectivity index (χ0) is 15.2. The van der Waals surface area contributed by atoms with E-state index in [1.54, 1.807) is 6.26 Å². The molecule has 2 aromatic rings. The molecular formula is C16H24N4O. The maximum Gasteiger partial charge on any atom is 0.134 e. The highest BCUT2D eigenvalue weighted by molar-refractivity contribution is 5.57. The summed E-state index contributed by atoms with van der Waals surface area (Å²) >= 11 is 0. The Bertz CT molecular complexity index is 566. The van der Waals surface area contributed by atoms with E-state index >= 15 is 0 Å². The molecule has 0 fully saturated rings. The Kier molecular flexibility index (Phi) is 5.20. The molecule has 2 N–H and O–H groups in total. The Morgan fingerprint density at radius 1 is 1.24 bits per heavy atom. The van der Waals surface area contributed by atoms with Crippen molar-refractivity contribution >= 4 is 11.6 Å². The standard InChI is InChI=1S/C16H24N4O/c1-5-17-15-12(3)16(20-13(4)19-15)18-11(2)8-9-14-7-6-10-21-14/h6-7,10-11H,5,8-9H2,1-4H3,(H2,17,18,19,20). The van der Waals surface area contributed by atoms with Crippen molar-refractivity contribution < 1.29 is 4.42 Å². The van der Waals surface area contributed by atoms with Gasteiger partial charge in [-0.05, 0) is 46.2 Å². The monoisotopic (exact) mass is 288 g/mol. The van der Waals surface area contributed by atoms with Crippen molar-refractivity contribution in [1.82, 2.24) is 9.97 Å². The van der Waals surface area contributed by atoms with Gasteiger partial charge in [-0.25, -0.2) is 9.97 Å². The van der Waals surface area contributed by atoms with E-state index in [1.807, 2.05) is 26.0 Å².